The summed E-state index contributed by atoms with van der Waals surface area (Å²) >= 11 is 1.29. The van der Waals surface area contributed by atoms with E-state index in [2.05, 4.69) is 10.3 Å². The minimum absolute atomic E-state index is 0.132. The van der Waals surface area contributed by atoms with Gasteiger partial charge in [-0.3, -0.25) is 4.79 Å². The van der Waals surface area contributed by atoms with E-state index in [9.17, 15) is 4.79 Å². The average Bonchev–Trinajstić information content (AvgIpc) is 2.95. The lowest BCUT2D eigenvalue weighted by Crippen LogP contribution is -2.49. The van der Waals surface area contributed by atoms with Gasteiger partial charge in [0.25, 0.3) is 5.91 Å². The summed E-state index contributed by atoms with van der Waals surface area (Å²) in [6.07, 6.45) is 2.95. The van der Waals surface area contributed by atoms with Gasteiger partial charge in [-0.15, -0.1) is 11.3 Å². The molecule has 2 unspecified atom stereocenters. The Balaban J connectivity index is 1.64. The second kappa shape index (κ2) is 6.72. The van der Waals surface area contributed by atoms with Crippen LogP contribution in [0.1, 0.15) is 29.8 Å². The van der Waals surface area contributed by atoms with Crippen molar-refractivity contribution in [2.45, 2.75) is 25.3 Å². The van der Waals surface area contributed by atoms with Gasteiger partial charge in [0, 0.05) is 37.2 Å². The summed E-state index contributed by atoms with van der Waals surface area (Å²) in [5.41, 5.74) is 6.00. The number of aromatic nitrogens is 1. The fourth-order valence-corrected chi connectivity index (χ4v) is 3.73. The van der Waals surface area contributed by atoms with Crippen molar-refractivity contribution in [1.82, 2.24) is 10.3 Å². The molecule has 0 saturated carbocycles. The van der Waals surface area contributed by atoms with E-state index in [1.807, 2.05) is 0 Å². The van der Waals surface area contributed by atoms with Crippen LogP contribution in [0.3, 0.4) is 0 Å². The smallest absolute Gasteiger partial charge is 0.271 e. The van der Waals surface area contributed by atoms with E-state index in [0.29, 0.717) is 29.3 Å². The Morgan fingerprint density at radius 3 is 2.76 bits per heavy atom. The highest BCUT2D eigenvalue weighted by Crippen LogP contribution is 2.30. The Morgan fingerprint density at radius 2 is 2.05 bits per heavy atom. The molecule has 0 bridgehead atoms. The molecular formula is C14H21N3O3S. The van der Waals surface area contributed by atoms with Crippen molar-refractivity contribution < 1.29 is 14.3 Å². The van der Waals surface area contributed by atoms with Gasteiger partial charge in [0.1, 0.15) is 5.69 Å². The maximum absolute atomic E-state index is 12.3. The molecule has 2 saturated heterocycles. The van der Waals surface area contributed by atoms with Crippen LogP contribution in [0.4, 0.5) is 5.13 Å². The molecule has 7 heteroatoms. The van der Waals surface area contributed by atoms with Crippen LogP contribution < -0.4 is 11.1 Å². The summed E-state index contributed by atoms with van der Waals surface area (Å²) < 4.78 is 11.1. The largest absolute Gasteiger partial charge is 0.381 e. The molecule has 3 N–H and O–H groups in total. The molecule has 2 atom stereocenters. The molecule has 2 fully saturated rings. The second-order valence-corrected chi connectivity index (χ2v) is 6.52. The molecule has 2 aliphatic rings. The molecule has 3 rings (SSSR count). The summed E-state index contributed by atoms with van der Waals surface area (Å²) in [4.78, 5) is 16.3. The van der Waals surface area contributed by atoms with Crippen molar-refractivity contribution >= 4 is 22.4 Å². The molecule has 6 nitrogen and oxygen atoms in total. The number of nitrogens with one attached hydrogen (secondary N) is 1. The summed E-state index contributed by atoms with van der Waals surface area (Å²) in [7, 11) is 0. The summed E-state index contributed by atoms with van der Waals surface area (Å²) in [6.45, 7) is 3.04. The third kappa shape index (κ3) is 3.53. The van der Waals surface area contributed by atoms with Gasteiger partial charge >= 0.3 is 0 Å². The normalized spacial score (nSPS) is 27.4. The molecule has 0 aliphatic carbocycles. The number of nitrogens with two attached hydrogens (primary N) is 1. The first kappa shape index (κ1) is 14.7. The Labute approximate surface area is 128 Å². The van der Waals surface area contributed by atoms with E-state index < -0.39 is 0 Å². The zero-order chi connectivity index (χ0) is 14.7. The number of anilines is 1. The first-order chi connectivity index (χ1) is 10.2. The van der Waals surface area contributed by atoms with E-state index in [4.69, 9.17) is 15.2 Å². The van der Waals surface area contributed by atoms with Crippen LogP contribution in [-0.2, 0) is 9.47 Å². The summed E-state index contributed by atoms with van der Waals surface area (Å²) in [5.74, 6) is 0.791. The third-order valence-corrected chi connectivity index (χ3v) is 5.02. The predicted octanol–water partition coefficient (Wildman–Crippen LogP) is 1.29. The summed E-state index contributed by atoms with van der Waals surface area (Å²) in [5, 5.41) is 5.25. The standard InChI is InChI=1S/C14H21N3O3S/c15-14-17-12(8-21-14)13(18)16-11-3-6-20-7-10(11)9-1-4-19-5-2-9/h8-11H,1-7H2,(H2,15,17)(H,16,18). The molecule has 116 valence electrons. The number of amides is 1. The monoisotopic (exact) mass is 311 g/mol. The fourth-order valence-electron chi connectivity index (χ4n) is 3.18. The number of hydrogen-bond donors (Lipinski definition) is 2. The Morgan fingerprint density at radius 1 is 1.29 bits per heavy atom. The number of nitrogen functional groups attached to an aromatic ring is 1. The van der Waals surface area contributed by atoms with E-state index in [1.165, 1.54) is 11.3 Å². The molecule has 1 aromatic rings. The molecule has 21 heavy (non-hydrogen) atoms. The molecule has 0 aromatic carbocycles. The first-order valence-electron chi connectivity index (χ1n) is 7.41. The number of carbonyl (C=O) groups excluding carboxylic acids is 1. The number of rotatable bonds is 3. The second-order valence-electron chi connectivity index (χ2n) is 5.63. The number of nitrogens with zero attached hydrogens (tertiary/aromatic N) is 1. The van der Waals surface area contributed by atoms with Gasteiger partial charge in [0.2, 0.25) is 0 Å². The molecular weight excluding hydrogens is 290 g/mol. The van der Waals surface area contributed by atoms with Gasteiger partial charge in [-0.25, -0.2) is 4.98 Å². The number of carbonyl (C=O) groups is 1. The maximum Gasteiger partial charge on any atom is 0.271 e. The van der Waals surface area contributed by atoms with Crippen LogP contribution in [0.15, 0.2) is 5.38 Å². The van der Waals surface area contributed by atoms with Crippen LogP contribution in [0.25, 0.3) is 0 Å². The molecule has 0 radical (unpaired) electrons. The lowest BCUT2D eigenvalue weighted by molar-refractivity contribution is -0.0259. The minimum Gasteiger partial charge on any atom is -0.381 e. The first-order valence-corrected chi connectivity index (χ1v) is 8.29. The fraction of sp³-hybridized carbons (Fsp3) is 0.714. The predicted molar refractivity (Wildman–Crippen MR) is 80.2 cm³/mol. The highest BCUT2D eigenvalue weighted by Gasteiger charge is 2.34. The zero-order valence-electron chi connectivity index (χ0n) is 11.9. The van der Waals surface area contributed by atoms with Gasteiger partial charge < -0.3 is 20.5 Å². The van der Waals surface area contributed by atoms with E-state index in [-0.39, 0.29) is 11.9 Å². The van der Waals surface area contributed by atoms with Gasteiger partial charge in [0.05, 0.1) is 6.61 Å². The maximum atomic E-state index is 12.3. The lowest BCUT2D eigenvalue weighted by Gasteiger charge is -2.38. The molecule has 2 aliphatic heterocycles. The summed E-state index contributed by atoms with van der Waals surface area (Å²) in [6, 6.07) is 0.150. The van der Waals surface area contributed by atoms with Crippen molar-refractivity contribution in [2.24, 2.45) is 11.8 Å². The quantitative estimate of drug-likeness (QED) is 0.878. The van der Waals surface area contributed by atoms with Crippen molar-refractivity contribution in [1.29, 1.82) is 0 Å². The van der Waals surface area contributed by atoms with Gasteiger partial charge in [0.15, 0.2) is 5.13 Å². The number of thiazole rings is 1. The van der Waals surface area contributed by atoms with Gasteiger partial charge in [-0.1, -0.05) is 0 Å². The van der Waals surface area contributed by atoms with Gasteiger partial charge in [-0.05, 0) is 25.2 Å². The van der Waals surface area contributed by atoms with Gasteiger partial charge in [-0.2, -0.15) is 0 Å². The molecule has 1 amide bonds. The van der Waals surface area contributed by atoms with E-state index >= 15 is 0 Å². The average molecular weight is 311 g/mol. The molecule has 3 heterocycles. The van der Waals surface area contributed by atoms with E-state index in [1.54, 1.807) is 5.38 Å². The minimum atomic E-state index is -0.132. The highest BCUT2D eigenvalue weighted by atomic mass is 32.1. The van der Waals surface area contributed by atoms with Crippen molar-refractivity contribution in [3.63, 3.8) is 0 Å². The van der Waals surface area contributed by atoms with Crippen LogP contribution in [0.5, 0.6) is 0 Å². The van der Waals surface area contributed by atoms with Crippen molar-refractivity contribution in [2.75, 3.05) is 32.2 Å². The zero-order valence-corrected chi connectivity index (χ0v) is 12.7. The van der Waals surface area contributed by atoms with Crippen molar-refractivity contribution in [3.05, 3.63) is 11.1 Å². The number of hydrogen-bond acceptors (Lipinski definition) is 6. The Bertz CT molecular complexity index is 488. The van der Waals surface area contributed by atoms with Crippen LogP contribution in [0.2, 0.25) is 0 Å². The highest BCUT2D eigenvalue weighted by molar-refractivity contribution is 7.13. The Kier molecular flexibility index (Phi) is 4.72. The topological polar surface area (TPSA) is 86.5 Å². The van der Waals surface area contributed by atoms with E-state index in [0.717, 1.165) is 39.1 Å². The van der Waals surface area contributed by atoms with Crippen LogP contribution >= 0.6 is 11.3 Å². The number of ether oxygens (including phenoxy) is 2. The SMILES string of the molecule is Nc1nc(C(=O)NC2CCOCC2C2CCOCC2)cs1. The van der Waals surface area contributed by atoms with Crippen molar-refractivity contribution in [3.8, 4) is 0 Å². The lowest BCUT2D eigenvalue weighted by atomic mass is 9.79. The van der Waals surface area contributed by atoms with Crippen LogP contribution in [-0.4, -0.2) is 43.4 Å². The third-order valence-electron chi connectivity index (χ3n) is 4.34. The molecule has 1 aromatic heterocycles. The molecule has 0 spiro atoms. The Hall–Kier alpha value is -1.18. The van der Waals surface area contributed by atoms with Crippen LogP contribution in [0, 0.1) is 11.8 Å².